The molecule has 2 nitrogen and oxygen atoms in total. The minimum absolute atomic E-state index is 0.243. The monoisotopic (exact) mass is 483 g/mol. The van der Waals surface area contributed by atoms with Gasteiger partial charge in [-0.3, -0.25) is 4.79 Å². The summed E-state index contributed by atoms with van der Waals surface area (Å²) < 4.78 is 0. The van der Waals surface area contributed by atoms with Gasteiger partial charge in [0.25, 0.3) is 0 Å². The third-order valence-electron chi connectivity index (χ3n) is 6.03. The summed E-state index contributed by atoms with van der Waals surface area (Å²) in [5.74, 6) is -0.722. The zero-order valence-corrected chi connectivity index (χ0v) is 21.3. The smallest absolute Gasteiger partial charge is 0.303 e. The van der Waals surface area contributed by atoms with E-state index in [0.29, 0.717) is 6.42 Å². The first-order valence-electron chi connectivity index (χ1n) is 12.4. The maximum atomic E-state index is 10.5. The van der Waals surface area contributed by atoms with E-state index in [1.807, 2.05) is 0 Å². The first-order valence-corrected chi connectivity index (χ1v) is 14.4. The van der Waals surface area contributed by atoms with E-state index in [-0.39, 0.29) is 6.42 Å². The van der Waals surface area contributed by atoms with E-state index in [1.165, 1.54) is 15.9 Å². The minimum atomic E-state index is -1.75. The molecule has 0 saturated carbocycles. The van der Waals surface area contributed by atoms with Crippen molar-refractivity contribution in [1.29, 1.82) is 0 Å². The number of hydrogen-bond donors (Lipinski definition) is 1. The van der Waals surface area contributed by atoms with Gasteiger partial charge < -0.3 is 5.11 Å². The quantitative estimate of drug-likeness (QED) is 0.151. The second kappa shape index (κ2) is 14.9. The standard InChI is InChI=1S/C32H35O2P/c33-32(34)27-19-8-6-4-2-1-3-5-7-9-20-28-35(29-21-13-10-14-22-29,30-23-15-11-16-24-30)31-25-17-12-18-26-31/h1,3-4,6-7,9-18,21-26H,2,5,8,19-20,27-28H2/p+1/b3-1-,6-4-,9-7-. The molecule has 0 saturated heterocycles. The van der Waals surface area contributed by atoms with Crippen molar-refractivity contribution in [3.05, 3.63) is 127 Å². The fourth-order valence-corrected chi connectivity index (χ4v) is 8.55. The minimum Gasteiger partial charge on any atom is -0.481 e. The van der Waals surface area contributed by atoms with Crippen LogP contribution < -0.4 is 15.9 Å². The molecule has 0 aliphatic carbocycles. The highest BCUT2D eigenvalue weighted by atomic mass is 31.2. The molecule has 0 aliphatic rings. The molecular weight excluding hydrogens is 447 g/mol. The SMILES string of the molecule is O=C(O)CCC/C=C\C/C=C\C/C=C\CC[P+](c1ccccc1)(c1ccccc1)c1ccccc1. The third-order valence-corrected chi connectivity index (χ3v) is 10.5. The predicted molar refractivity (Wildman–Crippen MR) is 153 cm³/mol. The Kier molecular flexibility index (Phi) is 11.2. The number of hydrogen-bond acceptors (Lipinski definition) is 1. The highest BCUT2D eigenvalue weighted by Gasteiger charge is 2.44. The topological polar surface area (TPSA) is 37.3 Å². The van der Waals surface area contributed by atoms with E-state index >= 15 is 0 Å². The second-order valence-corrected chi connectivity index (χ2v) is 12.1. The van der Waals surface area contributed by atoms with E-state index in [4.69, 9.17) is 5.11 Å². The number of benzene rings is 3. The molecule has 0 amide bonds. The van der Waals surface area contributed by atoms with Crippen LogP contribution >= 0.6 is 7.26 Å². The zero-order chi connectivity index (χ0) is 24.6. The summed E-state index contributed by atoms with van der Waals surface area (Å²) in [5, 5.41) is 12.9. The van der Waals surface area contributed by atoms with Gasteiger partial charge in [-0.15, -0.1) is 0 Å². The summed E-state index contributed by atoms with van der Waals surface area (Å²) >= 11 is 0. The van der Waals surface area contributed by atoms with Gasteiger partial charge in [0.2, 0.25) is 0 Å². The summed E-state index contributed by atoms with van der Waals surface area (Å²) in [6.07, 6.45) is 18.9. The predicted octanol–water partition coefficient (Wildman–Crippen LogP) is 7.07. The van der Waals surface area contributed by atoms with Crippen LogP contribution in [0.4, 0.5) is 0 Å². The van der Waals surface area contributed by atoms with Gasteiger partial charge in [0.15, 0.2) is 0 Å². The van der Waals surface area contributed by atoms with E-state index in [9.17, 15) is 4.79 Å². The molecule has 35 heavy (non-hydrogen) atoms. The lowest BCUT2D eigenvalue weighted by Crippen LogP contribution is -2.33. The Bertz CT molecular complexity index is 990. The first-order chi connectivity index (χ1) is 17.2. The van der Waals surface area contributed by atoms with Gasteiger partial charge in [0, 0.05) is 12.8 Å². The van der Waals surface area contributed by atoms with Crippen LogP contribution in [0.15, 0.2) is 127 Å². The molecule has 180 valence electrons. The van der Waals surface area contributed by atoms with Gasteiger partial charge in [-0.1, -0.05) is 91.1 Å². The molecule has 0 unspecified atom stereocenters. The van der Waals surface area contributed by atoms with E-state index < -0.39 is 13.2 Å². The average Bonchev–Trinajstić information content (AvgIpc) is 2.90. The van der Waals surface area contributed by atoms with E-state index in [0.717, 1.165) is 31.8 Å². The lowest BCUT2D eigenvalue weighted by atomic mass is 10.2. The van der Waals surface area contributed by atoms with Gasteiger partial charge >= 0.3 is 5.97 Å². The largest absolute Gasteiger partial charge is 0.481 e. The molecule has 3 rings (SSSR count). The Balaban J connectivity index is 1.64. The van der Waals surface area contributed by atoms with Crippen molar-refractivity contribution in [2.45, 2.75) is 38.5 Å². The first kappa shape index (κ1) is 26.4. The second-order valence-electron chi connectivity index (χ2n) is 8.50. The van der Waals surface area contributed by atoms with Crippen LogP contribution in [-0.2, 0) is 4.79 Å². The molecule has 3 aromatic carbocycles. The molecule has 0 atom stereocenters. The summed E-state index contributed by atoms with van der Waals surface area (Å²) in [4.78, 5) is 10.5. The average molecular weight is 484 g/mol. The van der Waals surface area contributed by atoms with Crippen LogP contribution in [0.25, 0.3) is 0 Å². The Morgan fingerprint density at radius 1 is 0.600 bits per heavy atom. The number of allylic oxidation sites excluding steroid dienone is 6. The molecule has 3 heteroatoms. The molecular formula is C32H36O2P+. The van der Waals surface area contributed by atoms with Crippen LogP contribution in [0.3, 0.4) is 0 Å². The number of rotatable bonds is 14. The van der Waals surface area contributed by atoms with Crippen LogP contribution in [-0.4, -0.2) is 17.2 Å². The lowest BCUT2D eigenvalue weighted by molar-refractivity contribution is -0.137. The van der Waals surface area contributed by atoms with Gasteiger partial charge in [0.1, 0.15) is 23.2 Å². The van der Waals surface area contributed by atoms with Crippen molar-refractivity contribution in [1.82, 2.24) is 0 Å². The summed E-state index contributed by atoms with van der Waals surface area (Å²) in [5.41, 5.74) is 0. The highest BCUT2D eigenvalue weighted by molar-refractivity contribution is 7.95. The molecule has 0 aromatic heterocycles. The molecule has 0 spiro atoms. The normalized spacial score (nSPS) is 12.1. The van der Waals surface area contributed by atoms with Crippen molar-refractivity contribution in [2.24, 2.45) is 0 Å². The summed E-state index contributed by atoms with van der Waals surface area (Å²) in [7, 11) is -1.75. The summed E-state index contributed by atoms with van der Waals surface area (Å²) in [6.45, 7) is 0. The Morgan fingerprint density at radius 2 is 1.00 bits per heavy atom. The summed E-state index contributed by atoms with van der Waals surface area (Å²) in [6, 6.07) is 33.1. The molecule has 3 aromatic rings. The third kappa shape index (κ3) is 8.19. The Hall–Kier alpha value is -3.22. The Morgan fingerprint density at radius 3 is 1.43 bits per heavy atom. The van der Waals surface area contributed by atoms with Gasteiger partial charge in [-0.2, -0.15) is 0 Å². The fraction of sp³-hybridized carbons (Fsp3) is 0.219. The van der Waals surface area contributed by atoms with Crippen molar-refractivity contribution >= 4 is 29.1 Å². The molecule has 0 heterocycles. The van der Waals surface area contributed by atoms with Gasteiger partial charge in [-0.25, -0.2) is 0 Å². The molecule has 1 N–H and O–H groups in total. The number of carbonyl (C=O) groups is 1. The van der Waals surface area contributed by atoms with Crippen LogP contribution in [0.5, 0.6) is 0 Å². The maximum absolute atomic E-state index is 10.5. The maximum Gasteiger partial charge on any atom is 0.303 e. The number of unbranched alkanes of at least 4 members (excludes halogenated alkanes) is 1. The number of carboxylic acids is 1. The van der Waals surface area contributed by atoms with Crippen LogP contribution in [0.2, 0.25) is 0 Å². The molecule has 0 fully saturated rings. The van der Waals surface area contributed by atoms with Crippen molar-refractivity contribution < 1.29 is 9.90 Å². The molecule has 0 aliphatic heterocycles. The molecule has 0 bridgehead atoms. The van der Waals surface area contributed by atoms with Crippen molar-refractivity contribution in [3.63, 3.8) is 0 Å². The van der Waals surface area contributed by atoms with E-state index in [2.05, 4.69) is 127 Å². The number of carboxylic acid groups (broad SMARTS) is 1. The van der Waals surface area contributed by atoms with Gasteiger partial charge in [0.05, 0.1) is 6.16 Å². The van der Waals surface area contributed by atoms with Crippen molar-refractivity contribution in [2.75, 3.05) is 6.16 Å². The van der Waals surface area contributed by atoms with Crippen LogP contribution in [0, 0.1) is 0 Å². The lowest BCUT2D eigenvalue weighted by Gasteiger charge is -2.27. The van der Waals surface area contributed by atoms with Crippen molar-refractivity contribution in [3.8, 4) is 0 Å². The zero-order valence-electron chi connectivity index (χ0n) is 20.4. The number of aliphatic carboxylic acids is 1. The highest BCUT2D eigenvalue weighted by Crippen LogP contribution is 2.55. The van der Waals surface area contributed by atoms with E-state index in [1.54, 1.807) is 0 Å². The van der Waals surface area contributed by atoms with Crippen LogP contribution in [0.1, 0.15) is 38.5 Å². The fourth-order valence-electron chi connectivity index (χ4n) is 4.30. The molecule has 0 radical (unpaired) electrons. The van der Waals surface area contributed by atoms with Gasteiger partial charge in [-0.05, 0) is 62.1 Å². The Labute approximate surface area is 211 Å².